The van der Waals surface area contributed by atoms with Crippen LogP contribution in [0.25, 0.3) is 0 Å². The second-order valence-corrected chi connectivity index (χ2v) is 4.78. The van der Waals surface area contributed by atoms with Crippen LogP contribution in [0.2, 0.25) is 0 Å². The normalized spacial score (nSPS) is 11.7. The molecule has 110 valence electrons. The molecule has 0 bridgehead atoms. The maximum Gasteiger partial charge on any atom is 0.269 e. The van der Waals surface area contributed by atoms with Crippen LogP contribution in [-0.4, -0.2) is 17.4 Å². The van der Waals surface area contributed by atoms with E-state index in [1.165, 1.54) is 0 Å². The molecule has 5 heteroatoms. The topological polar surface area (TPSA) is 80.0 Å². The Bertz CT molecular complexity index is 627. The molecule has 4 N–H and O–H groups in total. The van der Waals surface area contributed by atoms with Crippen molar-refractivity contribution >= 4 is 17.3 Å². The maximum absolute atomic E-state index is 11.8. The highest BCUT2D eigenvalue weighted by Gasteiger charge is 2.10. The fourth-order valence-electron chi connectivity index (χ4n) is 2.13. The van der Waals surface area contributed by atoms with Crippen molar-refractivity contribution in [1.82, 2.24) is 10.3 Å². The fraction of sp³-hybridized carbons (Fsp3) is 0.250. The number of hydrogen-bond donors (Lipinski definition) is 3. The number of aromatic nitrogens is 1. The van der Waals surface area contributed by atoms with Crippen LogP contribution < -0.4 is 16.4 Å². The van der Waals surface area contributed by atoms with Crippen molar-refractivity contribution in [3.8, 4) is 0 Å². The highest BCUT2D eigenvalue weighted by molar-refractivity contribution is 5.93. The summed E-state index contributed by atoms with van der Waals surface area (Å²) in [6, 6.07) is 11.3. The van der Waals surface area contributed by atoms with Gasteiger partial charge in [-0.2, -0.15) is 0 Å². The van der Waals surface area contributed by atoms with Crippen molar-refractivity contribution in [1.29, 1.82) is 0 Å². The van der Waals surface area contributed by atoms with Gasteiger partial charge in [0.15, 0.2) is 0 Å². The van der Waals surface area contributed by atoms with E-state index in [1.807, 2.05) is 44.2 Å². The van der Waals surface area contributed by atoms with Gasteiger partial charge in [0.2, 0.25) is 0 Å². The second kappa shape index (κ2) is 6.74. The molecule has 0 saturated heterocycles. The Hall–Kier alpha value is -2.56. The highest BCUT2D eigenvalue weighted by Crippen LogP contribution is 2.23. The lowest BCUT2D eigenvalue weighted by Crippen LogP contribution is -2.23. The predicted octanol–water partition coefficient (Wildman–Crippen LogP) is 2.59. The lowest BCUT2D eigenvalue weighted by molar-refractivity contribution is 0.0951. The Morgan fingerprint density at radius 3 is 2.81 bits per heavy atom. The minimum Gasteiger partial charge on any atom is -0.398 e. The quantitative estimate of drug-likeness (QED) is 0.737. The van der Waals surface area contributed by atoms with Crippen LogP contribution in [-0.2, 0) is 0 Å². The van der Waals surface area contributed by atoms with E-state index in [0.29, 0.717) is 12.2 Å². The molecular weight excluding hydrogens is 264 g/mol. The van der Waals surface area contributed by atoms with E-state index in [-0.39, 0.29) is 11.9 Å². The van der Waals surface area contributed by atoms with E-state index in [1.54, 1.807) is 12.3 Å². The van der Waals surface area contributed by atoms with Gasteiger partial charge in [0.05, 0.1) is 6.04 Å². The number of nitrogens with zero attached hydrogens (tertiary/aromatic N) is 1. The van der Waals surface area contributed by atoms with Gasteiger partial charge in [0.1, 0.15) is 5.69 Å². The Morgan fingerprint density at radius 1 is 1.33 bits per heavy atom. The number of amides is 1. The van der Waals surface area contributed by atoms with Crippen LogP contribution >= 0.6 is 0 Å². The van der Waals surface area contributed by atoms with Crippen molar-refractivity contribution in [3.05, 3.63) is 53.9 Å². The van der Waals surface area contributed by atoms with Gasteiger partial charge < -0.3 is 16.4 Å². The van der Waals surface area contributed by atoms with E-state index in [0.717, 1.165) is 16.9 Å². The fourth-order valence-corrected chi connectivity index (χ4v) is 2.13. The molecule has 2 aromatic rings. The molecule has 0 fully saturated rings. The van der Waals surface area contributed by atoms with Gasteiger partial charge in [-0.05, 0) is 37.6 Å². The molecule has 0 spiro atoms. The number of pyridine rings is 1. The molecule has 1 aromatic heterocycles. The molecule has 21 heavy (non-hydrogen) atoms. The first kappa shape index (κ1) is 14.8. The third kappa shape index (κ3) is 3.72. The lowest BCUT2D eigenvalue weighted by Gasteiger charge is -2.17. The van der Waals surface area contributed by atoms with Gasteiger partial charge in [-0.3, -0.25) is 9.78 Å². The van der Waals surface area contributed by atoms with Crippen LogP contribution in [0.3, 0.4) is 0 Å². The summed E-state index contributed by atoms with van der Waals surface area (Å²) in [7, 11) is 0. The van der Waals surface area contributed by atoms with Crippen LogP contribution in [0, 0.1) is 0 Å². The number of para-hydroxylation sites is 1. The van der Waals surface area contributed by atoms with E-state index >= 15 is 0 Å². The molecule has 0 aliphatic carbocycles. The molecule has 0 radical (unpaired) electrons. The summed E-state index contributed by atoms with van der Waals surface area (Å²) in [4.78, 5) is 15.9. The molecule has 1 atom stereocenters. The summed E-state index contributed by atoms with van der Waals surface area (Å²) in [5.74, 6) is -0.173. The largest absolute Gasteiger partial charge is 0.398 e. The number of benzene rings is 1. The van der Waals surface area contributed by atoms with Crippen LogP contribution in [0.4, 0.5) is 11.4 Å². The van der Waals surface area contributed by atoms with Crippen LogP contribution in [0.15, 0.2) is 42.6 Å². The average Bonchev–Trinajstić information content (AvgIpc) is 2.48. The van der Waals surface area contributed by atoms with Gasteiger partial charge in [0.25, 0.3) is 5.91 Å². The summed E-state index contributed by atoms with van der Waals surface area (Å²) in [6.45, 7) is 4.48. The number of nitrogens with two attached hydrogens (primary N) is 1. The number of rotatable bonds is 5. The molecule has 1 aromatic carbocycles. The van der Waals surface area contributed by atoms with Crippen molar-refractivity contribution < 1.29 is 4.79 Å². The van der Waals surface area contributed by atoms with E-state index in [9.17, 15) is 4.79 Å². The van der Waals surface area contributed by atoms with Gasteiger partial charge in [-0.1, -0.05) is 18.2 Å². The van der Waals surface area contributed by atoms with Crippen molar-refractivity contribution in [2.45, 2.75) is 19.9 Å². The molecular formula is C16H20N4O. The number of hydrogen-bond acceptors (Lipinski definition) is 4. The Balaban J connectivity index is 2.15. The van der Waals surface area contributed by atoms with Crippen LogP contribution in [0.1, 0.15) is 35.9 Å². The van der Waals surface area contributed by atoms with Crippen LogP contribution in [0.5, 0.6) is 0 Å². The molecule has 5 nitrogen and oxygen atoms in total. The smallest absolute Gasteiger partial charge is 0.269 e. The molecule has 0 saturated carbocycles. The third-order valence-electron chi connectivity index (χ3n) is 3.18. The summed E-state index contributed by atoms with van der Waals surface area (Å²) < 4.78 is 0. The third-order valence-corrected chi connectivity index (χ3v) is 3.18. The predicted molar refractivity (Wildman–Crippen MR) is 85.1 cm³/mol. The Kier molecular flexibility index (Phi) is 4.77. The maximum atomic E-state index is 11.8. The summed E-state index contributed by atoms with van der Waals surface area (Å²) in [6.07, 6.45) is 1.62. The standard InChI is InChI=1S/C16H20N4O/c1-3-18-16(21)15-10-12(8-9-19-15)20-11(2)13-6-4-5-7-14(13)17/h4-11H,3,17H2,1-2H3,(H,18,21)(H,19,20). The number of nitrogens with one attached hydrogen (secondary N) is 2. The lowest BCUT2D eigenvalue weighted by atomic mass is 10.1. The monoisotopic (exact) mass is 284 g/mol. The number of anilines is 2. The molecule has 1 heterocycles. The van der Waals surface area contributed by atoms with Crippen molar-refractivity contribution in [2.75, 3.05) is 17.6 Å². The molecule has 0 aliphatic heterocycles. The van der Waals surface area contributed by atoms with Gasteiger partial charge in [0, 0.05) is 24.1 Å². The first-order valence-corrected chi connectivity index (χ1v) is 6.97. The SMILES string of the molecule is CCNC(=O)c1cc(NC(C)c2ccccc2N)ccn1. The molecule has 1 unspecified atom stereocenters. The first-order chi connectivity index (χ1) is 10.1. The van der Waals surface area contributed by atoms with E-state index < -0.39 is 0 Å². The van der Waals surface area contributed by atoms with Crippen molar-refractivity contribution in [3.63, 3.8) is 0 Å². The first-order valence-electron chi connectivity index (χ1n) is 6.97. The summed E-state index contributed by atoms with van der Waals surface area (Å²) in [5, 5.41) is 6.07. The van der Waals surface area contributed by atoms with E-state index in [2.05, 4.69) is 15.6 Å². The van der Waals surface area contributed by atoms with Gasteiger partial charge >= 0.3 is 0 Å². The molecule has 0 aliphatic rings. The van der Waals surface area contributed by atoms with Crippen molar-refractivity contribution in [2.24, 2.45) is 0 Å². The zero-order chi connectivity index (χ0) is 15.2. The minimum atomic E-state index is -0.173. The van der Waals surface area contributed by atoms with Gasteiger partial charge in [-0.25, -0.2) is 0 Å². The Morgan fingerprint density at radius 2 is 2.10 bits per heavy atom. The van der Waals surface area contributed by atoms with E-state index in [4.69, 9.17) is 5.73 Å². The molecule has 2 rings (SSSR count). The second-order valence-electron chi connectivity index (χ2n) is 4.78. The number of carbonyl (C=O) groups is 1. The number of carbonyl (C=O) groups excluding carboxylic acids is 1. The zero-order valence-electron chi connectivity index (χ0n) is 12.3. The summed E-state index contributed by atoms with van der Waals surface area (Å²) >= 11 is 0. The highest BCUT2D eigenvalue weighted by atomic mass is 16.1. The van der Waals surface area contributed by atoms with Gasteiger partial charge in [-0.15, -0.1) is 0 Å². The Labute approximate surface area is 124 Å². The minimum absolute atomic E-state index is 0.0377. The molecule has 1 amide bonds. The average molecular weight is 284 g/mol. The zero-order valence-corrected chi connectivity index (χ0v) is 12.3. The number of nitrogen functional groups attached to an aromatic ring is 1. The summed E-state index contributed by atoms with van der Waals surface area (Å²) in [5.41, 5.74) is 8.98.